The molecular weight excluding hydrogens is 296 g/mol. The molecule has 116 valence electrons. The van der Waals surface area contributed by atoms with Crippen molar-refractivity contribution in [2.75, 3.05) is 38.4 Å². The molecule has 0 radical (unpaired) electrons. The molecule has 0 aromatic heterocycles. The molecule has 3 heterocycles. The first-order valence-corrected chi connectivity index (χ1v) is 8.92. The fraction of sp³-hybridized carbons (Fsp3) is 0.583. The second kappa shape index (κ2) is 5.32. The van der Waals surface area contributed by atoms with Gasteiger partial charge in [-0.2, -0.15) is 10.0 Å². The van der Waals surface area contributed by atoms with Gasteiger partial charge in [-0.1, -0.05) is 0 Å². The maximum absolute atomic E-state index is 10.8. The average molecular weight is 314 g/mol. The van der Waals surface area contributed by atoms with Gasteiger partial charge in [0.1, 0.15) is 0 Å². The molecule has 3 aliphatic rings. The topological polar surface area (TPSA) is 89.2 Å². The van der Waals surface area contributed by atoms with Gasteiger partial charge in [-0.3, -0.25) is 15.1 Å². The number of ether oxygens (including phenoxy) is 2. The number of nitro groups is 1. The normalized spacial score (nSPS) is 35.1. The smallest absolute Gasteiger partial charge is 0.274 e. The summed E-state index contributed by atoms with van der Waals surface area (Å²) in [4.78, 5) is 16.4. The molecule has 3 aliphatic heterocycles. The summed E-state index contributed by atoms with van der Waals surface area (Å²) in [5.74, 6) is 0.435. The van der Waals surface area contributed by atoms with Crippen LogP contribution in [-0.4, -0.2) is 59.6 Å². The van der Waals surface area contributed by atoms with Crippen LogP contribution in [0.2, 0.25) is 0 Å². The molecule has 1 spiro atoms. The van der Waals surface area contributed by atoms with Crippen LogP contribution in [0, 0.1) is 10.1 Å². The lowest BCUT2D eigenvalue weighted by Gasteiger charge is -2.44. The fourth-order valence-electron chi connectivity index (χ4n) is 2.60. The minimum Gasteiger partial charge on any atom is -0.361 e. The van der Waals surface area contributed by atoms with Gasteiger partial charge in [-0.15, -0.1) is 0 Å². The summed E-state index contributed by atoms with van der Waals surface area (Å²) in [6, 6.07) is 0. The number of nitrogens with zero attached hydrogens (tertiary/aromatic N) is 3. The van der Waals surface area contributed by atoms with Crippen LogP contribution >= 0.6 is 10.0 Å². The third-order valence-corrected chi connectivity index (χ3v) is 5.76. The average Bonchev–Trinajstić information content (AvgIpc) is 3.03. The highest BCUT2D eigenvalue weighted by atomic mass is 32.3. The van der Waals surface area contributed by atoms with E-state index in [1.165, 1.54) is 0 Å². The van der Waals surface area contributed by atoms with Gasteiger partial charge >= 0.3 is 0 Å². The highest BCUT2D eigenvalue weighted by Gasteiger charge is 2.44. The van der Waals surface area contributed by atoms with Crippen LogP contribution in [0.1, 0.15) is 0 Å². The number of rotatable bonds is 3. The Hall–Kier alpha value is -1.58. The minimum absolute atomic E-state index is 0.416. The van der Waals surface area contributed by atoms with E-state index in [1.54, 1.807) is 6.20 Å². The predicted molar refractivity (Wildman–Crippen MR) is 80.4 cm³/mol. The van der Waals surface area contributed by atoms with Gasteiger partial charge in [-0.05, 0) is 11.7 Å². The zero-order valence-corrected chi connectivity index (χ0v) is 12.5. The van der Waals surface area contributed by atoms with Crippen molar-refractivity contribution in [2.24, 2.45) is 4.99 Å². The second-order valence-electron chi connectivity index (χ2n) is 5.36. The van der Waals surface area contributed by atoms with Gasteiger partial charge in [0.2, 0.25) is 5.79 Å². The second-order valence-corrected chi connectivity index (χ2v) is 8.56. The van der Waals surface area contributed by atoms with Crippen molar-refractivity contribution in [3.8, 4) is 0 Å². The molecule has 0 amide bonds. The molecule has 2 fully saturated rings. The summed E-state index contributed by atoms with van der Waals surface area (Å²) in [6.45, 7) is 1.99. The molecule has 1 unspecified atom stereocenters. The number of aliphatic imine (C=N–C) groups is 1. The lowest BCUT2D eigenvalue weighted by Crippen LogP contribution is -2.58. The summed E-state index contributed by atoms with van der Waals surface area (Å²) in [5.41, 5.74) is 1.93. The highest BCUT2D eigenvalue weighted by Crippen LogP contribution is 2.47. The van der Waals surface area contributed by atoms with E-state index in [4.69, 9.17) is 9.47 Å². The quantitative estimate of drug-likeness (QED) is 0.606. The zero-order valence-electron chi connectivity index (χ0n) is 11.7. The first-order valence-electron chi connectivity index (χ1n) is 6.58. The molecular formula is C12H18N4O4S. The largest absolute Gasteiger partial charge is 0.361 e. The van der Waals surface area contributed by atoms with E-state index in [0.717, 1.165) is 6.20 Å². The van der Waals surface area contributed by atoms with E-state index >= 15 is 0 Å². The van der Waals surface area contributed by atoms with Crippen LogP contribution in [0.5, 0.6) is 0 Å². The summed E-state index contributed by atoms with van der Waals surface area (Å²) in [6.07, 6.45) is 4.89. The Morgan fingerprint density at radius 1 is 1.62 bits per heavy atom. The third kappa shape index (κ3) is 3.04. The number of nitrogens with one attached hydrogen (secondary N) is 1. The Balaban J connectivity index is 1.81. The van der Waals surface area contributed by atoms with Crippen LogP contribution in [0.15, 0.2) is 28.6 Å². The van der Waals surface area contributed by atoms with Crippen LogP contribution in [-0.2, 0) is 9.47 Å². The maximum Gasteiger partial charge on any atom is 0.274 e. The van der Waals surface area contributed by atoms with Crippen molar-refractivity contribution in [1.29, 1.82) is 0 Å². The fourth-order valence-corrected chi connectivity index (χ4v) is 4.42. The standard InChI is InChI=1S/C12H18N4O4S/c1-21(5-2-13-9-21)10-15-8-12(19-3-4-20-12)7-14-11(15)6-16(17)18/h2,5-6,9,14H,3-4,7-8,10H2,1H3/b11-6+. The molecule has 9 heteroatoms. The van der Waals surface area contributed by atoms with Gasteiger partial charge in [0.15, 0.2) is 5.82 Å². The molecule has 0 aromatic rings. The summed E-state index contributed by atoms with van der Waals surface area (Å²) in [7, 11) is -1.18. The summed E-state index contributed by atoms with van der Waals surface area (Å²) < 4.78 is 11.4. The number of hydrogen-bond donors (Lipinski definition) is 1. The van der Waals surface area contributed by atoms with E-state index in [-0.39, 0.29) is 0 Å². The molecule has 8 nitrogen and oxygen atoms in total. The zero-order chi connectivity index (χ0) is 14.9. The Labute approximate surface area is 124 Å². The summed E-state index contributed by atoms with van der Waals surface area (Å²) in [5, 5.41) is 15.9. The molecule has 0 bridgehead atoms. The first-order chi connectivity index (χ1) is 10.0. The Morgan fingerprint density at radius 2 is 2.38 bits per heavy atom. The van der Waals surface area contributed by atoms with Crippen molar-refractivity contribution in [3.05, 3.63) is 33.7 Å². The Bertz CT molecular complexity index is 515. The first kappa shape index (κ1) is 14.4. The van der Waals surface area contributed by atoms with Crippen LogP contribution in [0.25, 0.3) is 0 Å². The Kier molecular flexibility index (Phi) is 3.64. The third-order valence-electron chi connectivity index (χ3n) is 3.55. The SMILES string of the molecule is CS1(CN2CC3(CN/C2=C\[N+](=O)[O-])OCCO3)C=CN=C1. The Morgan fingerprint density at radius 3 is 3.00 bits per heavy atom. The highest BCUT2D eigenvalue weighted by molar-refractivity contribution is 8.45. The van der Waals surface area contributed by atoms with Gasteiger partial charge in [0.05, 0.1) is 37.1 Å². The number of hydrogen-bond acceptors (Lipinski definition) is 7. The molecule has 0 saturated carbocycles. The van der Waals surface area contributed by atoms with E-state index < -0.39 is 20.7 Å². The van der Waals surface area contributed by atoms with Crippen LogP contribution < -0.4 is 5.32 Å². The minimum atomic E-state index is -1.18. The molecule has 2 saturated heterocycles. The summed E-state index contributed by atoms with van der Waals surface area (Å²) >= 11 is 0. The van der Waals surface area contributed by atoms with Gasteiger partial charge in [0, 0.05) is 11.7 Å². The van der Waals surface area contributed by atoms with Crippen LogP contribution in [0.4, 0.5) is 0 Å². The van der Waals surface area contributed by atoms with E-state index in [9.17, 15) is 10.1 Å². The van der Waals surface area contributed by atoms with E-state index in [1.807, 2.05) is 10.4 Å². The lowest BCUT2D eigenvalue weighted by molar-refractivity contribution is -0.405. The van der Waals surface area contributed by atoms with E-state index in [2.05, 4.69) is 22.0 Å². The molecule has 0 aliphatic carbocycles. The molecule has 0 aromatic carbocycles. The van der Waals surface area contributed by atoms with Gasteiger partial charge in [0.25, 0.3) is 6.20 Å². The molecule has 1 atom stereocenters. The van der Waals surface area contributed by atoms with Crippen molar-refractivity contribution in [2.45, 2.75) is 5.79 Å². The monoisotopic (exact) mass is 314 g/mol. The predicted octanol–water partition coefficient (Wildman–Crippen LogP) is 0.615. The van der Waals surface area contributed by atoms with Crippen molar-refractivity contribution in [1.82, 2.24) is 10.2 Å². The molecule has 3 rings (SSSR count). The lowest BCUT2D eigenvalue weighted by atomic mass is 10.2. The van der Waals surface area contributed by atoms with Crippen LogP contribution in [0.3, 0.4) is 0 Å². The molecule has 1 N–H and O–H groups in total. The van der Waals surface area contributed by atoms with Crippen molar-refractivity contribution >= 4 is 15.6 Å². The molecule has 21 heavy (non-hydrogen) atoms. The van der Waals surface area contributed by atoms with Crippen molar-refractivity contribution in [3.63, 3.8) is 0 Å². The van der Waals surface area contributed by atoms with Gasteiger partial charge in [-0.25, -0.2) is 0 Å². The maximum atomic E-state index is 10.8. The van der Waals surface area contributed by atoms with E-state index in [0.29, 0.717) is 38.0 Å². The van der Waals surface area contributed by atoms with Crippen molar-refractivity contribution < 1.29 is 14.4 Å². The van der Waals surface area contributed by atoms with Gasteiger partial charge < -0.3 is 19.7 Å².